The number of ketones is 1. The Balaban J connectivity index is 0.000000400. The van der Waals surface area contributed by atoms with Gasteiger partial charge in [-0.15, -0.1) is 5.10 Å². The predicted octanol–water partition coefficient (Wildman–Crippen LogP) is 5.07. The van der Waals surface area contributed by atoms with Crippen LogP contribution in [0.15, 0.2) is 37.7 Å². The van der Waals surface area contributed by atoms with Crippen molar-refractivity contribution >= 4 is 17.6 Å². The number of hydrogen-bond acceptors (Lipinski definition) is 11. The van der Waals surface area contributed by atoms with Gasteiger partial charge in [-0.2, -0.15) is 0 Å². The van der Waals surface area contributed by atoms with Crippen molar-refractivity contribution in [2.45, 2.75) is 151 Å². The van der Waals surface area contributed by atoms with Crippen LogP contribution in [-0.2, 0) is 19.9 Å². The van der Waals surface area contributed by atoms with E-state index in [1.54, 1.807) is 13.1 Å². The van der Waals surface area contributed by atoms with Crippen LogP contribution in [0.3, 0.4) is 0 Å². The van der Waals surface area contributed by atoms with Crippen molar-refractivity contribution in [1.29, 1.82) is 0 Å². The van der Waals surface area contributed by atoms with E-state index in [1.165, 1.54) is 12.2 Å². The lowest BCUT2D eigenvalue weighted by Gasteiger charge is -2.50. The Bertz CT molecular complexity index is 1440. The van der Waals surface area contributed by atoms with E-state index < -0.39 is 0 Å². The van der Waals surface area contributed by atoms with Gasteiger partial charge in [0.15, 0.2) is 0 Å². The van der Waals surface area contributed by atoms with Crippen LogP contribution in [0.4, 0.5) is 0 Å². The molecular formula is C47H91N11O3. The number of nitrogens with two attached hydrogens (primary N) is 1. The van der Waals surface area contributed by atoms with Crippen molar-refractivity contribution in [3.8, 4) is 0 Å². The molecule has 1 unspecified atom stereocenters. The zero-order chi connectivity index (χ0) is 47.0. The predicted molar refractivity (Wildman–Crippen MR) is 254 cm³/mol. The Hall–Kier alpha value is -3.01. The number of Topliss-reactive ketones (excluding diaryl/α,β-unsaturated/α-hetero) is 1. The van der Waals surface area contributed by atoms with Crippen molar-refractivity contribution in [3.05, 3.63) is 37.7 Å². The lowest BCUT2D eigenvalue weighted by molar-refractivity contribution is -0.130. The van der Waals surface area contributed by atoms with E-state index in [1.807, 2.05) is 41.4 Å². The molecule has 5 heterocycles. The highest BCUT2D eigenvalue weighted by atomic mass is 16.2. The van der Waals surface area contributed by atoms with E-state index in [2.05, 4.69) is 131 Å². The maximum absolute atomic E-state index is 11.7. The highest BCUT2D eigenvalue weighted by Crippen LogP contribution is 2.22. The minimum atomic E-state index is 0. The second-order valence-corrected chi connectivity index (χ2v) is 21.8. The molecule has 0 aromatic carbocycles. The number of fused-ring (bicyclic) bond motifs is 1. The fraction of sp³-hybridized carbons (Fsp3) is 0.809. The van der Waals surface area contributed by atoms with Crippen LogP contribution in [0, 0.1) is 0 Å². The Morgan fingerprint density at radius 1 is 0.607 bits per heavy atom. The van der Waals surface area contributed by atoms with Gasteiger partial charge in [-0.25, -0.2) is 4.68 Å². The number of aromatic nitrogens is 3. The summed E-state index contributed by atoms with van der Waals surface area (Å²) >= 11 is 0. The van der Waals surface area contributed by atoms with Gasteiger partial charge < -0.3 is 20.4 Å². The highest BCUT2D eigenvalue weighted by molar-refractivity contribution is 5.87. The van der Waals surface area contributed by atoms with E-state index in [0.717, 1.165) is 98.2 Å². The molecule has 14 nitrogen and oxygen atoms in total. The van der Waals surface area contributed by atoms with Crippen LogP contribution >= 0.6 is 0 Å². The lowest BCUT2D eigenvalue weighted by Crippen LogP contribution is -2.65. The second kappa shape index (κ2) is 24.7. The summed E-state index contributed by atoms with van der Waals surface area (Å²) < 4.78 is 1.83. The normalized spacial score (nSPS) is 20.2. The molecule has 4 saturated heterocycles. The Labute approximate surface area is 372 Å². The lowest BCUT2D eigenvalue weighted by atomic mass is 10.0. The SMILES string of the molecule is C=CC(=O)N1CCN(C(C)(C)C)CC1.C=CC(=O)N1CCN2CCN(C(C)(C)C)CC2C1.CC(=O)CCN1CCN(C(C)(C)C)CC1.CC(C)(C)N.CC(C)(C)n1ccnn1. The number of piperazine rings is 4. The van der Waals surface area contributed by atoms with Gasteiger partial charge in [0.2, 0.25) is 11.8 Å². The van der Waals surface area contributed by atoms with Crippen LogP contribution < -0.4 is 5.73 Å². The first-order valence-electron chi connectivity index (χ1n) is 22.6. The summed E-state index contributed by atoms with van der Waals surface area (Å²) in [4.78, 5) is 50.0. The zero-order valence-electron chi connectivity index (χ0n) is 41.9. The maximum Gasteiger partial charge on any atom is 0.246 e. The standard InChI is InChI=1S/C14H25N3O.C12H24N2O.C11H20N2O.C6H11N3.C4H11N/c1-5-13(18)16-7-6-15-8-9-17(14(2,3)4)11-12(15)10-16;1-11(15)5-6-13-7-9-14(10-8-13)12(2,3)4;1-5-10(14)12-6-8-13(9-7-12)11(2,3)4;1-6(2,3)9-5-4-7-8-9;1-4(2,3)5/h5,12H,1,6-11H2,2-4H3;5-10H2,1-4H3;5H,1,6-9H2,2-4H3;4-5H,1-3H3;5H2,1-3H3. The molecule has 4 aliphatic heterocycles. The fourth-order valence-corrected chi connectivity index (χ4v) is 7.14. The molecule has 1 aromatic rings. The van der Waals surface area contributed by atoms with Gasteiger partial charge in [0.05, 0.1) is 11.7 Å². The largest absolute Gasteiger partial charge is 0.337 e. The third-order valence-electron chi connectivity index (χ3n) is 11.1. The summed E-state index contributed by atoms with van der Waals surface area (Å²) in [6, 6.07) is 0.482. The molecule has 4 aliphatic rings. The molecule has 0 bridgehead atoms. The molecule has 61 heavy (non-hydrogen) atoms. The summed E-state index contributed by atoms with van der Waals surface area (Å²) in [6.07, 6.45) is 7.08. The molecule has 2 amide bonds. The number of amides is 2. The van der Waals surface area contributed by atoms with Gasteiger partial charge in [-0.3, -0.25) is 34.0 Å². The van der Waals surface area contributed by atoms with Gasteiger partial charge in [0.1, 0.15) is 5.78 Å². The molecule has 352 valence electrons. The highest BCUT2D eigenvalue weighted by Gasteiger charge is 2.36. The first kappa shape index (κ1) is 56.0. The van der Waals surface area contributed by atoms with Crippen molar-refractivity contribution < 1.29 is 14.4 Å². The van der Waals surface area contributed by atoms with Gasteiger partial charge in [0, 0.05) is 139 Å². The topological polar surface area (TPSA) is 131 Å². The minimum absolute atomic E-state index is 0. The molecule has 4 fully saturated rings. The van der Waals surface area contributed by atoms with E-state index in [-0.39, 0.29) is 39.5 Å². The van der Waals surface area contributed by atoms with Crippen molar-refractivity contribution in [2.24, 2.45) is 5.73 Å². The quantitative estimate of drug-likeness (QED) is 0.399. The van der Waals surface area contributed by atoms with Crippen molar-refractivity contribution in [1.82, 2.24) is 49.3 Å². The molecule has 0 saturated carbocycles. The molecule has 14 heteroatoms. The molecule has 5 rings (SSSR count). The van der Waals surface area contributed by atoms with Crippen LogP contribution in [0.2, 0.25) is 0 Å². The Kier molecular flexibility index (Phi) is 22.7. The monoisotopic (exact) mass is 858 g/mol. The maximum atomic E-state index is 11.7. The zero-order valence-corrected chi connectivity index (χ0v) is 41.9. The summed E-state index contributed by atoms with van der Waals surface area (Å²) in [5.74, 6) is 0.425. The van der Waals surface area contributed by atoms with Gasteiger partial charge in [-0.05, 0) is 123 Å². The molecule has 0 aliphatic carbocycles. The van der Waals surface area contributed by atoms with Crippen molar-refractivity contribution in [2.75, 3.05) is 98.2 Å². The van der Waals surface area contributed by atoms with E-state index in [0.29, 0.717) is 18.2 Å². The Morgan fingerprint density at radius 2 is 1.02 bits per heavy atom. The molecule has 0 radical (unpaired) electrons. The number of hydrogen-bond donors (Lipinski definition) is 1. The first-order chi connectivity index (χ1) is 27.9. The van der Waals surface area contributed by atoms with Crippen LogP contribution in [-0.4, -0.2) is 193 Å². The summed E-state index contributed by atoms with van der Waals surface area (Å²) in [6.45, 7) is 56.1. The van der Waals surface area contributed by atoms with Gasteiger partial charge in [0.25, 0.3) is 0 Å². The van der Waals surface area contributed by atoms with E-state index >= 15 is 0 Å². The van der Waals surface area contributed by atoms with Crippen LogP contribution in [0.1, 0.15) is 117 Å². The molecular weight excluding hydrogens is 767 g/mol. The summed E-state index contributed by atoms with van der Waals surface area (Å²) in [5, 5.41) is 7.56. The molecule has 0 spiro atoms. The summed E-state index contributed by atoms with van der Waals surface area (Å²) in [5.41, 5.74) is 6.14. The first-order valence-corrected chi connectivity index (χ1v) is 22.6. The Morgan fingerprint density at radius 3 is 1.39 bits per heavy atom. The fourth-order valence-electron chi connectivity index (χ4n) is 7.14. The molecule has 2 N–H and O–H groups in total. The average molecular weight is 858 g/mol. The third kappa shape index (κ3) is 22.8. The van der Waals surface area contributed by atoms with E-state index in [4.69, 9.17) is 5.73 Å². The van der Waals surface area contributed by atoms with Gasteiger partial charge in [-0.1, -0.05) is 18.4 Å². The number of nitrogens with zero attached hydrogens (tertiary/aromatic N) is 10. The molecule has 1 atom stereocenters. The number of carbonyl (C=O) groups is 3. The number of carbonyl (C=O) groups excluding carboxylic acids is 3. The average Bonchev–Trinajstić information content (AvgIpc) is 3.72. The molecule has 1 aromatic heterocycles. The van der Waals surface area contributed by atoms with Crippen LogP contribution in [0.5, 0.6) is 0 Å². The number of rotatable bonds is 5. The van der Waals surface area contributed by atoms with E-state index in [9.17, 15) is 14.4 Å². The van der Waals surface area contributed by atoms with Gasteiger partial charge >= 0.3 is 0 Å². The van der Waals surface area contributed by atoms with Crippen molar-refractivity contribution in [3.63, 3.8) is 0 Å². The minimum Gasteiger partial charge on any atom is -0.337 e. The second-order valence-electron chi connectivity index (χ2n) is 21.8. The third-order valence-corrected chi connectivity index (χ3v) is 11.1. The summed E-state index contributed by atoms with van der Waals surface area (Å²) in [7, 11) is 0. The van der Waals surface area contributed by atoms with Crippen LogP contribution in [0.25, 0.3) is 0 Å². The smallest absolute Gasteiger partial charge is 0.246 e.